The number of pyridine rings is 1. The average molecular weight is 200 g/mol. The lowest BCUT2D eigenvalue weighted by molar-refractivity contribution is 1.19. The molecule has 0 spiro atoms. The maximum Gasteiger partial charge on any atom is 0.0755 e. The van der Waals surface area contributed by atoms with E-state index in [2.05, 4.69) is 48.4 Å². The molecule has 0 bridgehead atoms. The molecule has 0 aliphatic rings. The smallest absolute Gasteiger partial charge is 0.0755 e. The lowest BCUT2D eigenvalue weighted by Crippen LogP contribution is -1.99. The molecule has 0 aliphatic carbocycles. The highest BCUT2D eigenvalue weighted by Crippen LogP contribution is 2.25. The molecule has 0 unspecified atom stereocenters. The van der Waals surface area contributed by atoms with Gasteiger partial charge in [-0.05, 0) is 32.4 Å². The van der Waals surface area contributed by atoms with Crippen molar-refractivity contribution in [3.05, 3.63) is 35.5 Å². The molecule has 2 aromatic rings. The van der Waals surface area contributed by atoms with Gasteiger partial charge in [0.1, 0.15) is 0 Å². The summed E-state index contributed by atoms with van der Waals surface area (Å²) in [6.07, 6.45) is 0. The van der Waals surface area contributed by atoms with Crippen molar-refractivity contribution in [3.8, 4) is 0 Å². The largest absolute Gasteiger partial charge is 0.385 e. The van der Waals surface area contributed by atoms with Gasteiger partial charge < -0.3 is 5.32 Å². The lowest BCUT2D eigenvalue weighted by atomic mass is 10.1. The number of aromatic nitrogens is 1. The fraction of sp³-hybridized carbons (Fsp3) is 0.308. The third-order valence-electron chi connectivity index (χ3n) is 2.54. The second kappa shape index (κ2) is 3.89. The summed E-state index contributed by atoms with van der Waals surface area (Å²) >= 11 is 0. The summed E-state index contributed by atoms with van der Waals surface area (Å²) in [4.78, 5) is 4.58. The number of hydrogen-bond donors (Lipinski definition) is 1. The summed E-state index contributed by atoms with van der Waals surface area (Å²) in [5.41, 5.74) is 4.58. The number of nitrogens with zero attached hydrogens (tertiary/aromatic N) is 1. The first-order valence-electron chi connectivity index (χ1n) is 5.33. The number of hydrogen-bond acceptors (Lipinski definition) is 2. The van der Waals surface area contributed by atoms with Crippen LogP contribution in [0.3, 0.4) is 0 Å². The van der Waals surface area contributed by atoms with Gasteiger partial charge in [-0.3, -0.25) is 4.98 Å². The third-order valence-corrected chi connectivity index (χ3v) is 2.54. The number of aryl methyl sites for hydroxylation is 2. The first kappa shape index (κ1) is 9.97. The SMILES string of the molecule is CCNc1cc(C)nc2c(C)cccc12. The fourth-order valence-electron chi connectivity index (χ4n) is 1.86. The van der Waals surface area contributed by atoms with Crippen LogP contribution in [0.1, 0.15) is 18.2 Å². The van der Waals surface area contributed by atoms with Gasteiger partial charge in [-0.25, -0.2) is 0 Å². The minimum atomic E-state index is 0.937. The van der Waals surface area contributed by atoms with Crippen LogP contribution in [0.4, 0.5) is 5.69 Å². The monoisotopic (exact) mass is 200 g/mol. The molecule has 1 N–H and O–H groups in total. The van der Waals surface area contributed by atoms with Crippen molar-refractivity contribution in [1.82, 2.24) is 4.98 Å². The van der Waals surface area contributed by atoms with Gasteiger partial charge in [0.15, 0.2) is 0 Å². The predicted molar refractivity (Wildman–Crippen MR) is 65.4 cm³/mol. The number of rotatable bonds is 2. The molecule has 0 aliphatic heterocycles. The van der Waals surface area contributed by atoms with Crippen molar-refractivity contribution < 1.29 is 0 Å². The first-order chi connectivity index (χ1) is 7.22. The van der Waals surface area contributed by atoms with E-state index in [-0.39, 0.29) is 0 Å². The van der Waals surface area contributed by atoms with Crippen molar-refractivity contribution in [2.75, 3.05) is 11.9 Å². The van der Waals surface area contributed by atoms with E-state index in [9.17, 15) is 0 Å². The molecule has 0 fully saturated rings. The van der Waals surface area contributed by atoms with Gasteiger partial charge >= 0.3 is 0 Å². The second-order valence-corrected chi connectivity index (χ2v) is 3.81. The number of nitrogens with one attached hydrogen (secondary N) is 1. The number of anilines is 1. The summed E-state index contributed by atoms with van der Waals surface area (Å²) in [7, 11) is 0. The standard InChI is InChI=1S/C13H16N2/c1-4-14-12-8-10(3)15-13-9(2)6-5-7-11(12)13/h5-8H,4H2,1-3H3,(H,14,15). The molecule has 0 saturated heterocycles. The van der Waals surface area contributed by atoms with Crippen LogP contribution < -0.4 is 5.32 Å². The molecule has 2 nitrogen and oxygen atoms in total. The second-order valence-electron chi connectivity index (χ2n) is 3.81. The van der Waals surface area contributed by atoms with E-state index in [0.29, 0.717) is 0 Å². The summed E-state index contributed by atoms with van der Waals surface area (Å²) < 4.78 is 0. The molecular formula is C13H16N2. The minimum absolute atomic E-state index is 0.937. The van der Waals surface area contributed by atoms with Crippen molar-refractivity contribution in [2.45, 2.75) is 20.8 Å². The Labute approximate surface area is 90.3 Å². The molecule has 15 heavy (non-hydrogen) atoms. The van der Waals surface area contributed by atoms with Gasteiger partial charge in [0.2, 0.25) is 0 Å². The van der Waals surface area contributed by atoms with Crippen LogP contribution in [0.25, 0.3) is 10.9 Å². The van der Waals surface area contributed by atoms with Crippen molar-refractivity contribution >= 4 is 16.6 Å². The van der Waals surface area contributed by atoms with E-state index in [1.165, 1.54) is 16.6 Å². The molecule has 0 atom stereocenters. The van der Waals surface area contributed by atoms with Crippen LogP contribution >= 0.6 is 0 Å². The highest BCUT2D eigenvalue weighted by Gasteiger charge is 2.04. The van der Waals surface area contributed by atoms with Gasteiger partial charge in [0.05, 0.1) is 5.52 Å². The summed E-state index contributed by atoms with van der Waals surface area (Å²) in [6.45, 7) is 7.18. The number of para-hydroxylation sites is 1. The van der Waals surface area contributed by atoms with Gasteiger partial charge in [-0.1, -0.05) is 18.2 Å². The Balaban J connectivity index is 2.74. The van der Waals surface area contributed by atoms with Crippen LogP contribution in [-0.4, -0.2) is 11.5 Å². The highest BCUT2D eigenvalue weighted by molar-refractivity contribution is 5.93. The summed E-state index contributed by atoms with van der Waals surface area (Å²) in [6, 6.07) is 8.40. The molecule has 78 valence electrons. The zero-order valence-electron chi connectivity index (χ0n) is 9.46. The van der Waals surface area contributed by atoms with Gasteiger partial charge in [-0.2, -0.15) is 0 Å². The zero-order valence-corrected chi connectivity index (χ0v) is 9.46. The Kier molecular flexibility index (Phi) is 2.58. The Bertz CT molecular complexity index is 489. The van der Waals surface area contributed by atoms with Gasteiger partial charge in [0, 0.05) is 23.3 Å². The highest BCUT2D eigenvalue weighted by atomic mass is 14.9. The summed E-state index contributed by atoms with van der Waals surface area (Å²) in [5, 5.41) is 4.59. The molecule has 1 aromatic heterocycles. The van der Waals surface area contributed by atoms with E-state index < -0.39 is 0 Å². The van der Waals surface area contributed by atoms with Crippen molar-refractivity contribution in [3.63, 3.8) is 0 Å². The molecule has 2 rings (SSSR count). The summed E-state index contributed by atoms with van der Waals surface area (Å²) in [5.74, 6) is 0. The van der Waals surface area contributed by atoms with E-state index in [1.54, 1.807) is 0 Å². The van der Waals surface area contributed by atoms with Crippen LogP contribution in [0, 0.1) is 13.8 Å². The van der Waals surface area contributed by atoms with E-state index >= 15 is 0 Å². The Hall–Kier alpha value is -1.57. The normalized spacial score (nSPS) is 10.6. The molecule has 0 saturated carbocycles. The maximum absolute atomic E-state index is 4.58. The van der Waals surface area contributed by atoms with Crippen molar-refractivity contribution in [2.24, 2.45) is 0 Å². The number of benzene rings is 1. The maximum atomic E-state index is 4.58. The Morgan fingerprint density at radius 2 is 2.07 bits per heavy atom. The Morgan fingerprint density at radius 1 is 1.27 bits per heavy atom. The topological polar surface area (TPSA) is 24.9 Å². The zero-order chi connectivity index (χ0) is 10.8. The number of fused-ring (bicyclic) bond motifs is 1. The van der Waals surface area contributed by atoms with Crippen LogP contribution in [0.5, 0.6) is 0 Å². The molecule has 0 radical (unpaired) electrons. The molecule has 0 amide bonds. The van der Waals surface area contributed by atoms with Crippen LogP contribution in [-0.2, 0) is 0 Å². The van der Waals surface area contributed by atoms with E-state index in [0.717, 1.165) is 17.8 Å². The molecule has 1 aromatic carbocycles. The third kappa shape index (κ3) is 1.80. The van der Waals surface area contributed by atoms with Gasteiger partial charge in [-0.15, -0.1) is 0 Å². The predicted octanol–water partition coefficient (Wildman–Crippen LogP) is 3.28. The molecular weight excluding hydrogens is 184 g/mol. The average Bonchev–Trinajstić information content (AvgIpc) is 2.20. The fourth-order valence-corrected chi connectivity index (χ4v) is 1.86. The quantitative estimate of drug-likeness (QED) is 0.804. The minimum Gasteiger partial charge on any atom is -0.385 e. The first-order valence-corrected chi connectivity index (χ1v) is 5.33. The lowest BCUT2D eigenvalue weighted by Gasteiger charge is -2.10. The van der Waals surface area contributed by atoms with Crippen molar-refractivity contribution in [1.29, 1.82) is 0 Å². The van der Waals surface area contributed by atoms with E-state index in [1.807, 2.05) is 6.92 Å². The molecule has 1 heterocycles. The van der Waals surface area contributed by atoms with E-state index in [4.69, 9.17) is 0 Å². The Morgan fingerprint density at radius 3 is 2.80 bits per heavy atom. The van der Waals surface area contributed by atoms with Gasteiger partial charge in [0.25, 0.3) is 0 Å². The van der Waals surface area contributed by atoms with Crippen LogP contribution in [0.15, 0.2) is 24.3 Å². The van der Waals surface area contributed by atoms with Crippen LogP contribution in [0.2, 0.25) is 0 Å². The molecule has 2 heteroatoms.